The number of carbonyl (C=O) groups excluding carboxylic acids is 1. The Morgan fingerprint density at radius 2 is 1.79 bits per heavy atom. The van der Waals surface area contributed by atoms with E-state index in [1.54, 1.807) is 36.3 Å². The summed E-state index contributed by atoms with van der Waals surface area (Å²) >= 11 is 0. The minimum atomic E-state index is -4.76. The number of ether oxygens (including phenoxy) is 1. The number of aliphatic hydroxyl groups is 1. The summed E-state index contributed by atoms with van der Waals surface area (Å²) in [5.41, 5.74) is 3.05. The highest BCUT2D eigenvalue weighted by Crippen LogP contribution is 2.33. The second-order valence-electron chi connectivity index (χ2n) is 9.50. The fourth-order valence-corrected chi connectivity index (χ4v) is 4.03. The normalized spacial score (nSPS) is 11.9. The molecule has 1 atom stereocenters. The van der Waals surface area contributed by atoms with Gasteiger partial charge in [-0.05, 0) is 55.2 Å². The minimum absolute atomic E-state index is 0.00329. The van der Waals surface area contributed by atoms with Gasteiger partial charge in [0, 0.05) is 46.8 Å². The quantitative estimate of drug-likeness (QED) is 0.108. The third-order valence-electron chi connectivity index (χ3n) is 6.57. The van der Waals surface area contributed by atoms with Crippen molar-refractivity contribution in [2.45, 2.75) is 59.9 Å². The van der Waals surface area contributed by atoms with Crippen LogP contribution in [-0.4, -0.2) is 44.3 Å². The molecule has 42 heavy (non-hydrogen) atoms. The highest BCUT2D eigenvalue weighted by Gasteiger charge is 2.31. The number of halogens is 4. The standard InChI is InChI=1S/C23H26F3N5O2.C7H11FO/c1-3-15(4-2)21(27)20-19(16-13-29-31(14-16)11-12-32)9-10-28-22(20)30-17-5-7-18(8-6-17)33-23(24,25)26;1-4-5(2)7(9)6(3)8/h5-10,13-15,27,32H,3-4,11-12H2,1-2H3,(H,28,30);5H,3-4H2,1-2H3. The maximum absolute atomic E-state index is 12.4. The molecule has 0 aliphatic heterocycles. The van der Waals surface area contributed by atoms with E-state index in [1.807, 2.05) is 20.8 Å². The first-order chi connectivity index (χ1) is 19.8. The molecule has 0 aliphatic rings. The Hall–Kier alpha value is -4.06. The lowest BCUT2D eigenvalue weighted by atomic mass is 9.88. The van der Waals surface area contributed by atoms with Crippen LogP contribution in [0.3, 0.4) is 0 Å². The maximum atomic E-state index is 12.4. The van der Waals surface area contributed by atoms with Crippen LogP contribution < -0.4 is 10.1 Å². The molecule has 0 saturated carbocycles. The molecule has 3 rings (SSSR count). The molecular formula is C30H37F4N5O3. The maximum Gasteiger partial charge on any atom is 0.573 e. The third-order valence-corrected chi connectivity index (χ3v) is 6.57. The molecule has 0 radical (unpaired) electrons. The van der Waals surface area contributed by atoms with Gasteiger partial charge in [-0.1, -0.05) is 34.3 Å². The van der Waals surface area contributed by atoms with E-state index >= 15 is 0 Å². The first-order valence-corrected chi connectivity index (χ1v) is 13.6. The molecule has 0 saturated heterocycles. The summed E-state index contributed by atoms with van der Waals surface area (Å²) in [6.07, 6.45) is 2.52. The molecule has 1 unspecified atom stereocenters. The molecule has 2 aromatic heterocycles. The van der Waals surface area contributed by atoms with E-state index in [9.17, 15) is 27.5 Å². The number of carbonyl (C=O) groups is 1. The van der Waals surface area contributed by atoms with E-state index in [0.717, 1.165) is 24.0 Å². The summed E-state index contributed by atoms with van der Waals surface area (Å²) in [4.78, 5) is 15.0. The lowest BCUT2D eigenvalue weighted by molar-refractivity contribution is -0.274. The molecule has 0 bridgehead atoms. The van der Waals surface area contributed by atoms with Gasteiger partial charge in [-0.3, -0.25) is 9.48 Å². The van der Waals surface area contributed by atoms with Crippen LogP contribution >= 0.6 is 0 Å². The zero-order valence-electron chi connectivity index (χ0n) is 24.1. The Kier molecular flexibility index (Phi) is 12.9. The fraction of sp³-hybridized carbons (Fsp3) is 0.400. The van der Waals surface area contributed by atoms with Crippen molar-refractivity contribution < 1.29 is 32.2 Å². The summed E-state index contributed by atoms with van der Waals surface area (Å²) in [6, 6.07) is 7.14. The molecule has 0 amide bonds. The van der Waals surface area contributed by atoms with Crippen molar-refractivity contribution in [3.8, 4) is 16.9 Å². The van der Waals surface area contributed by atoms with Gasteiger partial charge in [-0.25, -0.2) is 9.37 Å². The molecule has 228 valence electrons. The third kappa shape index (κ3) is 9.79. The summed E-state index contributed by atoms with van der Waals surface area (Å²) in [5, 5.41) is 25.5. The first kappa shape index (κ1) is 34.1. The predicted octanol–water partition coefficient (Wildman–Crippen LogP) is 7.47. The molecule has 0 spiro atoms. The van der Waals surface area contributed by atoms with Gasteiger partial charge < -0.3 is 20.6 Å². The number of nitrogens with one attached hydrogen (secondary N) is 2. The number of anilines is 2. The van der Waals surface area contributed by atoms with Crippen molar-refractivity contribution in [2.75, 3.05) is 11.9 Å². The van der Waals surface area contributed by atoms with Crippen LogP contribution in [-0.2, 0) is 11.3 Å². The lowest BCUT2D eigenvalue weighted by Gasteiger charge is -2.20. The number of allylic oxidation sites excluding steroid dienone is 1. The van der Waals surface area contributed by atoms with Crippen molar-refractivity contribution in [3.63, 3.8) is 0 Å². The molecule has 0 aliphatic carbocycles. The molecule has 0 fully saturated rings. The molecular weight excluding hydrogens is 554 g/mol. The van der Waals surface area contributed by atoms with Crippen LogP contribution in [0.4, 0.5) is 29.1 Å². The van der Waals surface area contributed by atoms with Gasteiger partial charge in [-0.2, -0.15) is 5.10 Å². The van der Waals surface area contributed by atoms with E-state index in [-0.39, 0.29) is 24.2 Å². The number of pyridine rings is 1. The van der Waals surface area contributed by atoms with Gasteiger partial charge in [0.05, 0.1) is 19.3 Å². The number of alkyl halides is 3. The SMILES string of the molecule is C=C(F)C(=O)C(C)CC.CCC(CC)C(=N)c1c(-c2cnn(CCO)c2)ccnc1Nc1ccc(OC(F)(F)F)cc1. The van der Waals surface area contributed by atoms with Gasteiger partial charge in [0.15, 0.2) is 11.6 Å². The number of nitrogens with zero attached hydrogens (tertiary/aromatic N) is 3. The number of hydrogen-bond donors (Lipinski definition) is 3. The Bertz CT molecular complexity index is 1340. The number of rotatable bonds is 13. The number of ketones is 1. The molecule has 3 aromatic rings. The highest BCUT2D eigenvalue weighted by molar-refractivity contribution is 6.09. The van der Waals surface area contributed by atoms with Crippen molar-refractivity contribution in [2.24, 2.45) is 11.8 Å². The average molecular weight is 592 g/mol. The zero-order valence-corrected chi connectivity index (χ0v) is 24.1. The van der Waals surface area contributed by atoms with E-state index < -0.39 is 18.0 Å². The second kappa shape index (κ2) is 15.8. The lowest BCUT2D eigenvalue weighted by Crippen LogP contribution is -2.17. The largest absolute Gasteiger partial charge is 0.573 e. The van der Waals surface area contributed by atoms with Crippen LogP contribution in [0.2, 0.25) is 0 Å². The molecule has 1 aromatic carbocycles. The van der Waals surface area contributed by atoms with Crippen LogP contribution in [0.25, 0.3) is 11.1 Å². The van der Waals surface area contributed by atoms with Crippen molar-refractivity contribution in [1.82, 2.24) is 14.8 Å². The number of hydrogen-bond acceptors (Lipinski definition) is 7. The number of Topliss-reactive ketones (excluding diaryl/α,β-unsaturated/α-hetero) is 1. The smallest absolute Gasteiger partial charge is 0.406 e. The monoisotopic (exact) mass is 591 g/mol. The number of benzene rings is 1. The molecule has 8 nitrogen and oxygen atoms in total. The first-order valence-electron chi connectivity index (χ1n) is 13.6. The Morgan fingerprint density at radius 3 is 2.29 bits per heavy atom. The van der Waals surface area contributed by atoms with E-state index in [4.69, 9.17) is 5.41 Å². The Balaban J connectivity index is 0.000000592. The molecule has 12 heteroatoms. The van der Waals surface area contributed by atoms with Crippen molar-refractivity contribution >= 4 is 23.0 Å². The Morgan fingerprint density at radius 1 is 1.14 bits per heavy atom. The Labute approximate surface area is 242 Å². The minimum Gasteiger partial charge on any atom is -0.406 e. The zero-order chi connectivity index (χ0) is 31.4. The van der Waals surface area contributed by atoms with Crippen LogP contribution in [0.5, 0.6) is 5.75 Å². The summed E-state index contributed by atoms with van der Waals surface area (Å²) in [7, 11) is 0. The van der Waals surface area contributed by atoms with Crippen LogP contribution in [0, 0.1) is 17.2 Å². The predicted molar refractivity (Wildman–Crippen MR) is 155 cm³/mol. The second-order valence-corrected chi connectivity index (χ2v) is 9.50. The van der Waals surface area contributed by atoms with Gasteiger partial charge in [0.1, 0.15) is 11.6 Å². The van der Waals surface area contributed by atoms with E-state index in [1.165, 1.54) is 24.3 Å². The van der Waals surface area contributed by atoms with Gasteiger partial charge in [0.25, 0.3) is 0 Å². The molecule has 2 heterocycles. The van der Waals surface area contributed by atoms with Crippen LogP contribution in [0.1, 0.15) is 52.5 Å². The summed E-state index contributed by atoms with van der Waals surface area (Å²) in [6.45, 7) is 10.8. The van der Waals surface area contributed by atoms with Crippen molar-refractivity contribution in [3.05, 3.63) is 66.9 Å². The van der Waals surface area contributed by atoms with Gasteiger partial charge >= 0.3 is 6.36 Å². The summed E-state index contributed by atoms with van der Waals surface area (Å²) < 4.78 is 54.8. The van der Waals surface area contributed by atoms with Gasteiger partial charge in [-0.15, -0.1) is 13.2 Å². The van der Waals surface area contributed by atoms with E-state index in [2.05, 4.69) is 26.7 Å². The topological polar surface area (TPSA) is 113 Å². The van der Waals surface area contributed by atoms with E-state index in [0.29, 0.717) is 35.7 Å². The fourth-order valence-electron chi connectivity index (χ4n) is 4.03. The van der Waals surface area contributed by atoms with Crippen molar-refractivity contribution in [1.29, 1.82) is 5.41 Å². The number of aromatic nitrogens is 3. The van der Waals surface area contributed by atoms with Crippen LogP contribution in [0.15, 0.2) is 61.3 Å². The number of aliphatic hydroxyl groups excluding tert-OH is 1. The summed E-state index contributed by atoms with van der Waals surface area (Å²) in [5.74, 6) is -1.42. The molecule has 3 N–H and O–H groups in total. The van der Waals surface area contributed by atoms with Gasteiger partial charge in [0.2, 0.25) is 0 Å². The average Bonchev–Trinajstić information content (AvgIpc) is 3.42. The highest BCUT2D eigenvalue weighted by atomic mass is 19.4.